The Balaban J connectivity index is 1.73. The van der Waals surface area contributed by atoms with Gasteiger partial charge in [0.2, 0.25) is 0 Å². The van der Waals surface area contributed by atoms with Gasteiger partial charge < -0.3 is 10.1 Å². The van der Waals surface area contributed by atoms with Crippen molar-refractivity contribution in [1.82, 2.24) is 5.32 Å². The van der Waals surface area contributed by atoms with Gasteiger partial charge in [0.1, 0.15) is 5.75 Å². The number of rotatable bonds is 8. The smallest absolute Gasteiger partial charge is 0.119 e. The van der Waals surface area contributed by atoms with E-state index in [-0.39, 0.29) is 0 Å². The number of ether oxygens (including phenoxy) is 1. The third-order valence-electron chi connectivity index (χ3n) is 3.47. The van der Waals surface area contributed by atoms with Crippen LogP contribution in [0.4, 0.5) is 0 Å². The lowest BCUT2D eigenvalue weighted by molar-refractivity contribution is 0.289. The first kappa shape index (κ1) is 16.1. The second-order valence-electron chi connectivity index (χ2n) is 5.81. The number of nitrogens with one attached hydrogen (secondary N) is 1. The van der Waals surface area contributed by atoms with Gasteiger partial charge in [-0.05, 0) is 54.0 Å². The van der Waals surface area contributed by atoms with Crippen LogP contribution in [0.3, 0.4) is 0 Å². The molecule has 0 atom stereocenters. The molecule has 2 nitrogen and oxygen atoms in total. The van der Waals surface area contributed by atoms with Crippen molar-refractivity contribution in [2.45, 2.75) is 40.3 Å². The fourth-order valence-corrected chi connectivity index (χ4v) is 2.90. The van der Waals surface area contributed by atoms with E-state index >= 15 is 0 Å². The van der Waals surface area contributed by atoms with Gasteiger partial charge in [-0.15, -0.1) is 11.3 Å². The normalized spacial score (nSPS) is 11.0. The van der Waals surface area contributed by atoms with Gasteiger partial charge in [0, 0.05) is 18.0 Å². The van der Waals surface area contributed by atoms with Crippen LogP contribution in [0.5, 0.6) is 5.75 Å². The van der Waals surface area contributed by atoms with Crippen molar-refractivity contribution in [2.24, 2.45) is 5.92 Å². The van der Waals surface area contributed by atoms with E-state index < -0.39 is 0 Å². The average Bonchev–Trinajstić information content (AvgIpc) is 2.86. The zero-order valence-electron chi connectivity index (χ0n) is 13.2. The summed E-state index contributed by atoms with van der Waals surface area (Å²) in [6.45, 7) is 9.23. The summed E-state index contributed by atoms with van der Waals surface area (Å²) in [6.07, 6.45) is 1.10. The van der Waals surface area contributed by atoms with Gasteiger partial charge in [-0.2, -0.15) is 0 Å². The highest BCUT2D eigenvalue weighted by molar-refractivity contribution is 7.10. The average molecular weight is 303 g/mol. The summed E-state index contributed by atoms with van der Waals surface area (Å²) in [5.41, 5.74) is 2.67. The summed E-state index contributed by atoms with van der Waals surface area (Å²) in [6, 6.07) is 10.6. The maximum atomic E-state index is 5.73. The molecule has 114 valence electrons. The largest absolute Gasteiger partial charge is 0.494 e. The predicted molar refractivity (Wildman–Crippen MR) is 91.0 cm³/mol. The van der Waals surface area contributed by atoms with Crippen molar-refractivity contribution >= 4 is 11.3 Å². The number of benzene rings is 1. The fourth-order valence-electron chi connectivity index (χ4n) is 2.02. The van der Waals surface area contributed by atoms with Crippen molar-refractivity contribution in [3.8, 4) is 5.75 Å². The Morgan fingerprint density at radius 3 is 2.48 bits per heavy atom. The molecule has 1 N–H and O–H groups in total. The molecular formula is C18H25NOS. The van der Waals surface area contributed by atoms with Crippen LogP contribution in [-0.4, -0.2) is 6.61 Å². The fraction of sp³-hybridized carbons (Fsp3) is 0.444. The second-order valence-corrected chi connectivity index (χ2v) is 6.81. The SMILES string of the molecule is Cc1ccsc1CNCc1ccc(OCCC(C)C)cc1. The minimum absolute atomic E-state index is 0.689. The Kier molecular flexibility index (Phi) is 6.27. The summed E-state index contributed by atoms with van der Waals surface area (Å²) in [5, 5.41) is 5.64. The molecule has 0 saturated carbocycles. The van der Waals surface area contributed by atoms with Gasteiger partial charge in [0.25, 0.3) is 0 Å². The first-order chi connectivity index (χ1) is 10.1. The van der Waals surface area contributed by atoms with E-state index in [1.165, 1.54) is 16.0 Å². The summed E-state index contributed by atoms with van der Waals surface area (Å²) in [4.78, 5) is 1.42. The molecule has 0 spiro atoms. The van der Waals surface area contributed by atoms with Crippen LogP contribution >= 0.6 is 11.3 Å². The van der Waals surface area contributed by atoms with Gasteiger partial charge in [-0.3, -0.25) is 0 Å². The van der Waals surface area contributed by atoms with E-state index in [1.54, 1.807) is 0 Å². The molecule has 1 aromatic carbocycles. The molecule has 0 aliphatic carbocycles. The van der Waals surface area contributed by atoms with Crippen LogP contribution in [0, 0.1) is 12.8 Å². The molecule has 0 saturated heterocycles. The second kappa shape index (κ2) is 8.20. The zero-order valence-corrected chi connectivity index (χ0v) is 14.0. The predicted octanol–water partition coefficient (Wildman–Crippen LogP) is 4.77. The van der Waals surface area contributed by atoms with E-state index in [0.29, 0.717) is 5.92 Å². The topological polar surface area (TPSA) is 21.3 Å². The van der Waals surface area contributed by atoms with E-state index in [9.17, 15) is 0 Å². The molecule has 0 radical (unpaired) electrons. The quantitative estimate of drug-likeness (QED) is 0.758. The Hall–Kier alpha value is -1.32. The van der Waals surface area contributed by atoms with Crippen molar-refractivity contribution in [3.05, 3.63) is 51.7 Å². The standard InChI is InChI=1S/C18H25NOS/c1-14(2)8-10-20-17-6-4-16(5-7-17)12-19-13-18-15(3)9-11-21-18/h4-7,9,11,14,19H,8,10,12-13H2,1-3H3. The van der Waals surface area contributed by atoms with E-state index in [1.807, 2.05) is 11.3 Å². The Bertz CT molecular complexity index is 530. The first-order valence-corrected chi connectivity index (χ1v) is 8.48. The molecule has 1 aromatic heterocycles. The lowest BCUT2D eigenvalue weighted by atomic mass is 10.1. The van der Waals surface area contributed by atoms with Crippen molar-refractivity contribution in [1.29, 1.82) is 0 Å². The number of aryl methyl sites for hydroxylation is 1. The molecule has 2 rings (SSSR count). The molecule has 21 heavy (non-hydrogen) atoms. The van der Waals surface area contributed by atoms with Crippen LogP contribution in [0.15, 0.2) is 35.7 Å². The van der Waals surface area contributed by atoms with Crippen molar-refractivity contribution in [3.63, 3.8) is 0 Å². The van der Waals surface area contributed by atoms with Gasteiger partial charge >= 0.3 is 0 Å². The third kappa shape index (κ3) is 5.52. The summed E-state index contributed by atoms with van der Waals surface area (Å²) >= 11 is 1.82. The molecule has 0 aliphatic rings. The molecule has 2 aromatic rings. The Labute approximate surface area is 132 Å². The first-order valence-electron chi connectivity index (χ1n) is 7.60. The maximum Gasteiger partial charge on any atom is 0.119 e. The number of hydrogen-bond donors (Lipinski definition) is 1. The van der Waals surface area contributed by atoms with E-state index in [4.69, 9.17) is 4.74 Å². The van der Waals surface area contributed by atoms with Gasteiger partial charge in [0.15, 0.2) is 0 Å². The maximum absolute atomic E-state index is 5.73. The van der Waals surface area contributed by atoms with Crippen molar-refractivity contribution in [2.75, 3.05) is 6.61 Å². The molecule has 0 amide bonds. The highest BCUT2D eigenvalue weighted by Crippen LogP contribution is 2.16. The lowest BCUT2D eigenvalue weighted by Gasteiger charge is -2.09. The van der Waals surface area contributed by atoms with Gasteiger partial charge in [0.05, 0.1) is 6.61 Å². The van der Waals surface area contributed by atoms with Crippen LogP contribution in [-0.2, 0) is 13.1 Å². The third-order valence-corrected chi connectivity index (χ3v) is 4.49. The summed E-state index contributed by atoms with van der Waals surface area (Å²) in [5.74, 6) is 1.66. The minimum atomic E-state index is 0.689. The van der Waals surface area contributed by atoms with Gasteiger partial charge in [-0.25, -0.2) is 0 Å². The Morgan fingerprint density at radius 2 is 1.86 bits per heavy atom. The molecule has 3 heteroatoms. The van der Waals surface area contributed by atoms with Crippen LogP contribution < -0.4 is 10.1 Å². The number of thiophene rings is 1. The minimum Gasteiger partial charge on any atom is -0.494 e. The van der Waals surface area contributed by atoms with Crippen LogP contribution in [0.25, 0.3) is 0 Å². The molecule has 1 heterocycles. The van der Waals surface area contributed by atoms with Gasteiger partial charge in [-0.1, -0.05) is 26.0 Å². The van der Waals surface area contributed by atoms with Crippen LogP contribution in [0.1, 0.15) is 36.3 Å². The lowest BCUT2D eigenvalue weighted by Crippen LogP contribution is -2.12. The molecule has 0 bridgehead atoms. The van der Waals surface area contributed by atoms with E-state index in [0.717, 1.165) is 31.9 Å². The van der Waals surface area contributed by atoms with Crippen molar-refractivity contribution < 1.29 is 4.74 Å². The Morgan fingerprint density at radius 1 is 1.10 bits per heavy atom. The highest BCUT2D eigenvalue weighted by Gasteiger charge is 2.00. The molecular weight excluding hydrogens is 278 g/mol. The highest BCUT2D eigenvalue weighted by atomic mass is 32.1. The summed E-state index contributed by atoms with van der Waals surface area (Å²) in [7, 11) is 0. The molecule has 0 aliphatic heterocycles. The van der Waals surface area contributed by atoms with E-state index in [2.05, 4.69) is 61.8 Å². The monoisotopic (exact) mass is 303 g/mol. The summed E-state index contributed by atoms with van der Waals surface area (Å²) < 4.78 is 5.73. The molecule has 0 fully saturated rings. The zero-order chi connectivity index (χ0) is 15.1. The number of hydrogen-bond acceptors (Lipinski definition) is 3. The van der Waals surface area contributed by atoms with Crippen LogP contribution in [0.2, 0.25) is 0 Å². The molecule has 0 unspecified atom stereocenters.